The van der Waals surface area contributed by atoms with Crippen molar-refractivity contribution in [2.45, 2.75) is 20.8 Å². The molecule has 31 heavy (non-hydrogen) atoms. The summed E-state index contributed by atoms with van der Waals surface area (Å²) >= 11 is 0. The van der Waals surface area contributed by atoms with Crippen molar-refractivity contribution in [2.75, 3.05) is 0 Å². The Kier molecular flexibility index (Phi) is 7.03. The molecule has 0 fully saturated rings. The molecular formula is C21H12F10. The van der Waals surface area contributed by atoms with Crippen LogP contribution >= 0.6 is 0 Å². The molecule has 3 rings (SSSR count). The lowest BCUT2D eigenvalue weighted by Gasteiger charge is -2.16. The van der Waals surface area contributed by atoms with E-state index in [1.54, 1.807) is 0 Å². The molecule has 0 N–H and O–H groups in total. The van der Waals surface area contributed by atoms with Gasteiger partial charge in [-0.25, -0.2) is 43.9 Å². The van der Waals surface area contributed by atoms with Crippen LogP contribution in [0, 0.1) is 65.1 Å². The van der Waals surface area contributed by atoms with Crippen molar-refractivity contribution in [2.24, 2.45) is 0 Å². The molecule has 10 heteroatoms. The zero-order chi connectivity index (χ0) is 23.8. The summed E-state index contributed by atoms with van der Waals surface area (Å²) in [6.45, 7) is 4.96. The van der Waals surface area contributed by atoms with Crippen LogP contribution in [0.3, 0.4) is 0 Å². The molecule has 0 radical (unpaired) electrons. The second-order valence-electron chi connectivity index (χ2n) is 5.87. The van der Waals surface area contributed by atoms with E-state index >= 15 is 0 Å². The highest BCUT2D eigenvalue weighted by atomic mass is 19.2. The molecule has 166 valence electrons. The van der Waals surface area contributed by atoms with E-state index in [-0.39, 0.29) is 0 Å². The zero-order valence-corrected chi connectivity index (χ0v) is 16.0. The number of hydrogen-bond acceptors (Lipinski definition) is 0. The van der Waals surface area contributed by atoms with Gasteiger partial charge in [0.05, 0.1) is 11.1 Å². The Hall–Kier alpha value is -3.04. The van der Waals surface area contributed by atoms with Gasteiger partial charge >= 0.3 is 0 Å². The number of rotatable bonds is 2. The summed E-state index contributed by atoms with van der Waals surface area (Å²) in [6, 6.07) is 2.63. The minimum Gasteiger partial charge on any atom is -0.203 e. The van der Waals surface area contributed by atoms with Crippen molar-refractivity contribution in [3.05, 3.63) is 81.9 Å². The highest BCUT2D eigenvalue weighted by Crippen LogP contribution is 2.39. The third-order valence-electron chi connectivity index (χ3n) is 4.29. The van der Waals surface area contributed by atoms with Gasteiger partial charge in [-0.05, 0) is 23.6 Å². The zero-order valence-electron chi connectivity index (χ0n) is 16.0. The van der Waals surface area contributed by atoms with Gasteiger partial charge < -0.3 is 0 Å². The van der Waals surface area contributed by atoms with E-state index in [4.69, 9.17) is 0 Å². The molecule has 0 spiro atoms. The molecule has 3 aromatic rings. The lowest BCUT2D eigenvalue weighted by atomic mass is 9.91. The first-order valence-electron chi connectivity index (χ1n) is 8.63. The molecule has 0 aliphatic carbocycles. The van der Waals surface area contributed by atoms with Gasteiger partial charge in [-0.2, -0.15) is 0 Å². The van der Waals surface area contributed by atoms with Crippen molar-refractivity contribution < 1.29 is 43.9 Å². The molecular weight excluding hydrogens is 442 g/mol. The smallest absolute Gasteiger partial charge is 0.200 e. The van der Waals surface area contributed by atoms with Gasteiger partial charge in [-0.1, -0.05) is 32.0 Å². The number of benzene rings is 3. The van der Waals surface area contributed by atoms with Crippen LogP contribution < -0.4 is 0 Å². The normalized spacial score (nSPS) is 10.7. The molecule has 0 amide bonds. The van der Waals surface area contributed by atoms with Crippen molar-refractivity contribution in [1.82, 2.24) is 0 Å². The van der Waals surface area contributed by atoms with E-state index in [1.165, 1.54) is 0 Å². The maximum Gasteiger partial charge on any atom is 0.200 e. The summed E-state index contributed by atoms with van der Waals surface area (Å²) < 4.78 is 137. The maximum atomic E-state index is 14.1. The summed E-state index contributed by atoms with van der Waals surface area (Å²) in [7, 11) is 0. The van der Waals surface area contributed by atoms with Crippen LogP contribution in [0.15, 0.2) is 18.2 Å². The summed E-state index contributed by atoms with van der Waals surface area (Å²) in [5.74, 6) is -22.8. The molecule has 0 aliphatic rings. The van der Waals surface area contributed by atoms with Crippen molar-refractivity contribution in [1.29, 1.82) is 0 Å². The van der Waals surface area contributed by atoms with E-state index in [0.717, 1.165) is 25.1 Å². The first kappa shape index (κ1) is 24.2. The predicted octanol–water partition coefficient (Wildman–Crippen LogP) is 7.75. The first-order chi connectivity index (χ1) is 14.5. The number of halogens is 10. The minimum atomic E-state index is -2.42. The minimum absolute atomic E-state index is 0.487. The largest absolute Gasteiger partial charge is 0.203 e. The van der Waals surface area contributed by atoms with E-state index in [1.807, 2.05) is 13.8 Å². The number of hydrogen-bond donors (Lipinski definition) is 0. The van der Waals surface area contributed by atoms with Crippen LogP contribution in [0.25, 0.3) is 22.3 Å². The van der Waals surface area contributed by atoms with E-state index < -0.39 is 86.0 Å². The Bertz CT molecular complexity index is 1020. The summed E-state index contributed by atoms with van der Waals surface area (Å²) in [5.41, 5.74) is -4.70. The van der Waals surface area contributed by atoms with Crippen LogP contribution in [0.2, 0.25) is 0 Å². The second kappa shape index (κ2) is 8.99. The third-order valence-corrected chi connectivity index (χ3v) is 4.29. The van der Waals surface area contributed by atoms with E-state index in [9.17, 15) is 43.9 Å². The van der Waals surface area contributed by atoms with E-state index in [0.29, 0.717) is 0 Å². The average molecular weight is 454 g/mol. The standard InChI is InChI=1S/C19H6F10.C2H6/c1-5-6(8-10(20)14(24)18(28)15(25)11(8)21)3-2-4-7(5)9-12(22)16(26)19(29)17(27)13(9)23;1-2/h2-4H,1H3;1-2H3. The predicted molar refractivity (Wildman–Crippen MR) is 93.0 cm³/mol. The summed E-state index contributed by atoms with van der Waals surface area (Å²) in [5, 5.41) is 0. The monoisotopic (exact) mass is 454 g/mol. The quantitative estimate of drug-likeness (QED) is 0.211. The molecule has 0 heterocycles. The van der Waals surface area contributed by atoms with Crippen LogP contribution in [-0.4, -0.2) is 0 Å². The van der Waals surface area contributed by atoms with Crippen molar-refractivity contribution in [3.63, 3.8) is 0 Å². The maximum absolute atomic E-state index is 14.1. The van der Waals surface area contributed by atoms with Gasteiger partial charge in [0.15, 0.2) is 46.5 Å². The van der Waals surface area contributed by atoms with Gasteiger partial charge in [-0.3, -0.25) is 0 Å². The molecule has 0 nitrogen and oxygen atoms in total. The summed E-state index contributed by atoms with van der Waals surface area (Å²) in [4.78, 5) is 0. The van der Waals surface area contributed by atoms with Gasteiger partial charge in [0.25, 0.3) is 0 Å². The molecule has 0 bridgehead atoms. The van der Waals surface area contributed by atoms with Crippen LogP contribution in [0.4, 0.5) is 43.9 Å². The average Bonchev–Trinajstić information content (AvgIpc) is 2.77. The van der Waals surface area contributed by atoms with Crippen LogP contribution in [0.5, 0.6) is 0 Å². The molecule has 0 aromatic heterocycles. The highest BCUT2D eigenvalue weighted by Gasteiger charge is 2.30. The van der Waals surface area contributed by atoms with Crippen LogP contribution in [-0.2, 0) is 0 Å². The van der Waals surface area contributed by atoms with E-state index in [2.05, 4.69) is 0 Å². The van der Waals surface area contributed by atoms with Gasteiger partial charge in [0.1, 0.15) is 0 Å². The fraction of sp³-hybridized carbons (Fsp3) is 0.143. The SMILES string of the molecule is CC.Cc1c(-c2c(F)c(F)c(F)c(F)c2F)cccc1-c1c(F)c(F)c(F)c(F)c1F. The topological polar surface area (TPSA) is 0 Å². The Balaban J connectivity index is 0.00000166. The lowest BCUT2D eigenvalue weighted by molar-refractivity contribution is 0.381. The molecule has 0 saturated carbocycles. The van der Waals surface area contributed by atoms with Crippen molar-refractivity contribution in [3.8, 4) is 22.3 Å². The van der Waals surface area contributed by atoms with Gasteiger partial charge in [0.2, 0.25) is 11.6 Å². The lowest BCUT2D eigenvalue weighted by Crippen LogP contribution is -2.07. The third kappa shape index (κ3) is 3.75. The van der Waals surface area contributed by atoms with Crippen LogP contribution in [0.1, 0.15) is 19.4 Å². The Morgan fingerprint density at radius 3 is 0.903 bits per heavy atom. The summed E-state index contributed by atoms with van der Waals surface area (Å²) in [6.07, 6.45) is 0. The Labute approximate surface area is 169 Å². The first-order valence-corrected chi connectivity index (χ1v) is 8.63. The van der Waals surface area contributed by atoms with Gasteiger partial charge in [-0.15, -0.1) is 0 Å². The Morgan fingerprint density at radius 2 is 0.645 bits per heavy atom. The molecule has 0 atom stereocenters. The molecule has 3 aromatic carbocycles. The van der Waals surface area contributed by atoms with Crippen molar-refractivity contribution >= 4 is 0 Å². The molecule has 0 aliphatic heterocycles. The molecule has 0 saturated heterocycles. The van der Waals surface area contributed by atoms with Gasteiger partial charge in [0, 0.05) is 0 Å². The second-order valence-corrected chi connectivity index (χ2v) is 5.87. The fourth-order valence-electron chi connectivity index (χ4n) is 2.86. The highest BCUT2D eigenvalue weighted by molar-refractivity contribution is 5.79. The fourth-order valence-corrected chi connectivity index (χ4v) is 2.86. The Morgan fingerprint density at radius 1 is 0.419 bits per heavy atom. The molecule has 0 unspecified atom stereocenters.